The van der Waals surface area contributed by atoms with Crippen molar-refractivity contribution >= 4 is 23.0 Å². The Kier molecular flexibility index (Phi) is 5.28. The van der Waals surface area contributed by atoms with Gasteiger partial charge < -0.3 is 10.6 Å². The zero-order chi connectivity index (χ0) is 12.8. The topological polar surface area (TPSA) is 55.0 Å². The summed E-state index contributed by atoms with van der Waals surface area (Å²) in [5.74, 6) is 1.78. The minimum Gasteiger partial charge on any atom is -0.393 e. The third-order valence-corrected chi connectivity index (χ3v) is 2.78. The van der Waals surface area contributed by atoms with E-state index in [2.05, 4.69) is 28.7 Å². The van der Waals surface area contributed by atoms with Crippen LogP contribution < -0.4 is 10.6 Å². The maximum atomic E-state index is 5.53. The summed E-state index contributed by atoms with van der Waals surface area (Å²) in [7, 11) is 0. The van der Waals surface area contributed by atoms with E-state index >= 15 is 0 Å². The van der Waals surface area contributed by atoms with E-state index in [1.54, 1.807) is 0 Å². The molecule has 5 heteroatoms. The number of nitrogens with two attached hydrogens (primary N) is 1. The van der Waals surface area contributed by atoms with Crippen LogP contribution in [0.25, 0.3) is 0 Å². The van der Waals surface area contributed by atoms with Crippen LogP contribution in [0.2, 0.25) is 0 Å². The van der Waals surface area contributed by atoms with E-state index in [1.165, 1.54) is 0 Å². The summed E-state index contributed by atoms with van der Waals surface area (Å²) in [6, 6.07) is 2.04. The predicted octanol–water partition coefficient (Wildman–Crippen LogP) is 1.85. The fourth-order valence-electron chi connectivity index (χ4n) is 1.64. The zero-order valence-corrected chi connectivity index (χ0v) is 11.5. The largest absolute Gasteiger partial charge is 0.393 e. The number of nitrogens with zero attached hydrogens (tertiary/aromatic N) is 3. The van der Waals surface area contributed by atoms with Crippen LogP contribution in [-0.2, 0) is 6.42 Å². The van der Waals surface area contributed by atoms with Crippen molar-refractivity contribution < 1.29 is 0 Å². The molecule has 0 aliphatic carbocycles. The fourth-order valence-corrected chi connectivity index (χ4v) is 1.73. The van der Waals surface area contributed by atoms with Gasteiger partial charge in [-0.25, -0.2) is 9.97 Å². The van der Waals surface area contributed by atoms with Crippen molar-refractivity contribution in [1.82, 2.24) is 9.97 Å². The molecule has 1 heterocycles. The Morgan fingerprint density at radius 1 is 1.41 bits per heavy atom. The van der Waals surface area contributed by atoms with E-state index in [4.69, 9.17) is 18.0 Å². The molecule has 0 spiro atoms. The first-order chi connectivity index (χ1) is 8.06. The summed E-state index contributed by atoms with van der Waals surface area (Å²) in [5, 5.41) is 0. The quantitative estimate of drug-likeness (QED) is 0.783. The van der Waals surface area contributed by atoms with E-state index in [9.17, 15) is 0 Å². The predicted molar refractivity (Wildman–Crippen MR) is 75.4 cm³/mol. The Balaban J connectivity index is 2.86. The SMILES string of the molecule is CCc1cc(N(CC)CCC(N)=S)nc(C)n1. The highest BCUT2D eigenvalue weighted by molar-refractivity contribution is 7.80. The first-order valence-corrected chi connectivity index (χ1v) is 6.35. The molecular formula is C12H20N4S. The van der Waals surface area contributed by atoms with E-state index in [0.29, 0.717) is 11.4 Å². The molecule has 0 amide bonds. The monoisotopic (exact) mass is 252 g/mol. The molecule has 0 saturated carbocycles. The van der Waals surface area contributed by atoms with Crippen LogP contribution in [-0.4, -0.2) is 28.0 Å². The van der Waals surface area contributed by atoms with Gasteiger partial charge in [0.05, 0.1) is 4.99 Å². The van der Waals surface area contributed by atoms with E-state index in [-0.39, 0.29) is 0 Å². The first-order valence-electron chi connectivity index (χ1n) is 5.94. The maximum Gasteiger partial charge on any atom is 0.132 e. The summed E-state index contributed by atoms with van der Waals surface area (Å²) >= 11 is 4.90. The molecule has 0 bridgehead atoms. The Labute approximate surface area is 108 Å². The molecule has 17 heavy (non-hydrogen) atoms. The molecule has 0 aromatic carbocycles. The molecule has 1 aromatic heterocycles. The smallest absolute Gasteiger partial charge is 0.132 e. The van der Waals surface area contributed by atoms with Gasteiger partial charge in [0.15, 0.2) is 0 Å². The highest BCUT2D eigenvalue weighted by atomic mass is 32.1. The number of thiocarbonyl (C=S) groups is 1. The second-order valence-corrected chi connectivity index (χ2v) is 4.44. The lowest BCUT2D eigenvalue weighted by Gasteiger charge is -2.22. The lowest BCUT2D eigenvalue weighted by atomic mass is 10.3. The molecule has 0 aliphatic heterocycles. The summed E-state index contributed by atoms with van der Waals surface area (Å²) in [5.41, 5.74) is 6.60. The molecule has 0 aliphatic rings. The highest BCUT2D eigenvalue weighted by Crippen LogP contribution is 2.13. The van der Waals surface area contributed by atoms with Gasteiger partial charge in [0, 0.05) is 31.3 Å². The molecule has 0 saturated heterocycles. The van der Waals surface area contributed by atoms with E-state index in [0.717, 1.165) is 36.8 Å². The van der Waals surface area contributed by atoms with Crippen molar-refractivity contribution in [2.45, 2.75) is 33.6 Å². The van der Waals surface area contributed by atoms with Gasteiger partial charge in [-0.3, -0.25) is 0 Å². The second kappa shape index (κ2) is 6.49. The van der Waals surface area contributed by atoms with Crippen LogP contribution in [0, 0.1) is 6.92 Å². The van der Waals surface area contributed by atoms with Crippen LogP contribution in [0.15, 0.2) is 6.07 Å². The average Bonchev–Trinajstić information content (AvgIpc) is 2.28. The molecule has 0 fully saturated rings. The van der Waals surface area contributed by atoms with Crippen LogP contribution in [0.3, 0.4) is 0 Å². The molecule has 4 nitrogen and oxygen atoms in total. The Morgan fingerprint density at radius 3 is 2.65 bits per heavy atom. The number of aryl methyl sites for hydroxylation is 2. The molecular weight excluding hydrogens is 232 g/mol. The van der Waals surface area contributed by atoms with Gasteiger partial charge in [-0.2, -0.15) is 0 Å². The summed E-state index contributed by atoms with van der Waals surface area (Å²) in [6.45, 7) is 7.82. The van der Waals surface area contributed by atoms with Gasteiger partial charge >= 0.3 is 0 Å². The number of aromatic nitrogens is 2. The van der Waals surface area contributed by atoms with Gasteiger partial charge in [-0.05, 0) is 20.3 Å². The molecule has 2 N–H and O–H groups in total. The van der Waals surface area contributed by atoms with Crippen LogP contribution in [0.4, 0.5) is 5.82 Å². The second-order valence-electron chi connectivity index (χ2n) is 3.91. The number of anilines is 1. The Morgan fingerprint density at radius 2 is 2.12 bits per heavy atom. The Bertz CT molecular complexity index is 392. The minimum absolute atomic E-state index is 0.546. The Hall–Kier alpha value is -1.23. The fraction of sp³-hybridized carbons (Fsp3) is 0.583. The van der Waals surface area contributed by atoms with Gasteiger partial charge in [-0.15, -0.1) is 0 Å². The van der Waals surface area contributed by atoms with E-state index in [1.807, 2.05) is 13.0 Å². The van der Waals surface area contributed by atoms with Crippen molar-refractivity contribution in [3.63, 3.8) is 0 Å². The summed E-state index contributed by atoms with van der Waals surface area (Å²) in [4.78, 5) is 11.6. The third kappa shape index (κ3) is 4.26. The summed E-state index contributed by atoms with van der Waals surface area (Å²) in [6.07, 6.45) is 1.64. The normalized spacial score (nSPS) is 10.3. The molecule has 1 aromatic rings. The third-order valence-electron chi connectivity index (χ3n) is 2.57. The standard InChI is InChI=1S/C12H20N4S/c1-4-10-8-12(15-9(3)14-10)16(5-2)7-6-11(13)17/h8H,4-7H2,1-3H3,(H2,13,17). The van der Waals surface area contributed by atoms with Gasteiger partial charge in [0.1, 0.15) is 11.6 Å². The van der Waals surface area contributed by atoms with Gasteiger partial charge in [0.2, 0.25) is 0 Å². The van der Waals surface area contributed by atoms with E-state index < -0.39 is 0 Å². The number of rotatable bonds is 6. The van der Waals surface area contributed by atoms with Gasteiger partial charge in [-0.1, -0.05) is 19.1 Å². The zero-order valence-electron chi connectivity index (χ0n) is 10.7. The van der Waals surface area contributed by atoms with Crippen molar-refractivity contribution in [3.8, 4) is 0 Å². The molecule has 0 unspecified atom stereocenters. The lowest BCUT2D eigenvalue weighted by Crippen LogP contribution is -2.28. The molecule has 0 radical (unpaired) electrons. The summed E-state index contributed by atoms with van der Waals surface area (Å²) < 4.78 is 0. The first kappa shape index (κ1) is 13.8. The average molecular weight is 252 g/mol. The van der Waals surface area contributed by atoms with Crippen molar-refractivity contribution in [2.75, 3.05) is 18.0 Å². The van der Waals surface area contributed by atoms with Crippen molar-refractivity contribution in [2.24, 2.45) is 5.73 Å². The van der Waals surface area contributed by atoms with Gasteiger partial charge in [0.25, 0.3) is 0 Å². The number of hydrogen-bond donors (Lipinski definition) is 1. The number of hydrogen-bond acceptors (Lipinski definition) is 4. The van der Waals surface area contributed by atoms with Crippen molar-refractivity contribution in [1.29, 1.82) is 0 Å². The maximum absolute atomic E-state index is 5.53. The van der Waals surface area contributed by atoms with Crippen LogP contribution in [0.5, 0.6) is 0 Å². The highest BCUT2D eigenvalue weighted by Gasteiger charge is 2.08. The molecule has 1 rings (SSSR count). The lowest BCUT2D eigenvalue weighted by molar-refractivity contribution is 0.803. The molecule has 0 atom stereocenters. The van der Waals surface area contributed by atoms with Crippen LogP contribution >= 0.6 is 12.2 Å². The van der Waals surface area contributed by atoms with Crippen molar-refractivity contribution in [3.05, 3.63) is 17.6 Å². The molecule has 94 valence electrons. The minimum atomic E-state index is 0.546. The van der Waals surface area contributed by atoms with Crippen LogP contribution in [0.1, 0.15) is 31.8 Å².